The number of aliphatic hydroxyl groups excluding tert-OH is 1. The lowest BCUT2D eigenvalue weighted by Gasteiger charge is -2.26. The molecule has 0 aromatic heterocycles. The van der Waals surface area contributed by atoms with Crippen LogP contribution >= 0.6 is 0 Å². The molecule has 106 valence electrons. The number of nitrogens with one attached hydrogen (secondary N) is 1. The largest absolute Gasteiger partial charge is 0.389 e. The van der Waals surface area contributed by atoms with E-state index in [0.717, 1.165) is 51.9 Å². The van der Waals surface area contributed by atoms with Gasteiger partial charge in [-0.3, -0.25) is 4.90 Å². The first-order chi connectivity index (χ1) is 8.84. The summed E-state index contributed by atoms with van der Waals surface area (Å²) in [5.41, 5.74) is 0. The third-order valence-corrected chi connectivity index (χ3v) is 3.45. The van der Waals surface area contributed by atoms with Crippen LogP contribution in [0.25, 0.3) is 0 Å². The maximum absolute atomic E-state index is 9.70. The third-order valence-electron chi connectivity index (χ3n) is 3.45. The smallest absolute Gasteiger partial charge is 0.0897 e. The van der Waals surface area contributed by atoms with Gasteiger partial charge in [0.05, 0.1) is 25.9 Å². The van der Waals surface area contributed by atoms with Crippen LogP contribution in [0.1, 0.15) is 12.8 Å². The highest BCUT2D eigenvalue weighted by Gasteiger charge is 2.21. The Labute approximate surface area is 109 Å². The first kappa shape index (κ1) is 14.2. The molecule has 1 saturated heterocycles. The number of nitrogens with zero attached hydrogens (tertiary/aromatic N) is 1. The van der Waals surface area contributed by atoms with Crippen LogP contribution in [0.3, 0.4) is 0 Å². The lowest BCUT2D eigenvalue weighted by atomic mass is 10.3. The Morgan fingerprint density at radius 3 is 2.83 bits per heavy atom. The Balaban J connectivity index is 1.39. The lowest BCUT2D eigenvalue weighted by molar-refractivity contribution is 0.0286. The van der Waals surface area contributed by atoms with E-state index < -0.39 is 0 Å². The Hall–Kier alpha value is -0.200. The van der Waals surface area contributed by atoms with Crippen molar-refractivity contribution in [3.05, 3.63) is 0 Å². The van der Waals surface area contributed by atoms with Crippen molar-refractivity contribution in [3.63, 3.8) is 0 Å². The molecule has 0 radical (unpaired) electrons. The van der Waals surface area contributed by atoms with Crippen molar-refractivity contribution in [1.29, 1.82) is 0 Å². The molecule has 0 amide bonds. The molecular formula is C13H26N2O3. The third kappa shape index (κ3) is 6.11. The Morgan fingerprint density at radius 2 is 2.11 bits per heavy atom. The fraction of sp³-hybridized carbons (Fsp3) is 1.00. The van der Waals surface area contributed by atoms with Crippen molar-refractivity contribution in [1.82, 2.24) is 10.2 Å². The number of rotatable bonds is 9. The normalized spacial score (nSPS) is 23.2. The molecule has 1 aliphatic carbocycles. The highest BCUT2D eigenvalue weighted by atomic mass is 16.5. The van der Waals surface area contributed by atoms with Crippen LogP contribution < -0.4 is 5.32 Å². The van der Waals surface area contributed by atoms with Gasteiger partial charge >= 0.3 is 0 Å². The van der Waals surface area contributed by atoms with Gasteiger partial charge < -0.3 is 19.9 Å². The fourth-order valence-corrected chi connectivity index (χ4v) is 2.04. The maximum atomic E-state index is 9.70. The second-order valence-electron chi connectivity index (χ2n) is 5.29. The van der Waals surface area contributed by atoms with Crippen molar-refractivity contribution < 1.29 is 14.6 Å². The molecule has 0 spiro atoms. The van der Waals surface area contributed by atoms with E-state index in [9.17, 15) is 5.11 Å². The van der Waals surface area contributed by atoms with Gasteiger partial charge in [0.15, 0.2) is 0 Å². The molecule has 5 nitrogen and oxygen atoms in total. The molecule has 2 rings (SSSR count). The first-order valence-corrected chi connectivity index (χ1v) is 7.11. The van der Waals surface area contributed by atoms with E-state index in [1.807, 2.05) is 0 Å². The van der Waals surface area contributed by atoms with Crippen LogP contribution in [0.4, 0.5) is 0 Å². The zero-order valence-electron chi connectivity index (χ0n) is 11.1. The molecule has 1 heterocycles. The van der Waals surface area contributed by atoms with Gasteiger partial charge in [-0.2, -0.15) is 0 Å². The number of hydrogen-bond donors (Lipinski definition) is 2. The average molecular weight is 258 g/mol. The van der Waals surface area contributed by atoms with Gasteiger partial charge in [0.2, 0.25) is 0 Å². The summed E-state index contributed by atoms with van der Waals surface area (Å²) in [5.74, 6) is 0.770. The topological polar surface area (TPSA) is 54.0 Å². The minimum Gasteiger partial charge on any atom is -0.389 e. The molecule has 1 unspecified atom stereocenters. The summed E-state index contributed by atoms with van der Waals surface area (Å²) >= 11 is 0. The Kier molecular flexibility index (Phi) is 6.37. The standard InChI is InChI=1S/C13H26N2O3/c16-13(11-18-10-12-1-2-12)9-14-3-4-15-5-7-17-8-6-15/h12-14,16H,1-11H2. The fourth-order valence-electron chi connectivity index (χ4n) is 2.04. The van der Waals surface area contributed by atoms with E-state index in [1.165, 1.54) is 12.8 Å². The van der Waals surface area contributed by atoms with Gasteiger partial charge in [-0.05, 0) is 18.8 Å². The molecule has 18 heavy (non-hydrogen) atoms. The minimum atomic E-state index is -0.381. The van der Waals surface area contributed by atoms with E-state index in [4.69, 9.17) is 9.47 Å². The highest BCUT2D eigenvalue weighted by molar-refractivity contribution is 4.72. The van der Waals surface area contributed by atoms with Crippen molar-refractivity contribution in [2.75, 3.05) is 59.2 Å². The molecule has 1 atom stereocenters. The predicted molar refractivity (Wildman–Crippen MR) is 69.7 cm³/mol. The average Bonchev–Trinajstić information content (AvgIpc) is 3.20. The summed E-state index contributed by atoms with van der Waals surface area (Å²) in [5, 5.41) is 13.0. The van der Waals surface area contributed by atoms with Gasteiger partial charge in [0, 0.05) is 39.3 Å². The summed E-state index contributed by atoms with van der Waals surface area (Å²) in [6, 6.07) is 0. The molecule has 0 aromatic rings. The van der Waals surface area contributed by atoms with Crippen molar-refractivity contribution in [2.24, 2.45) is 5.92 Å². The van der Waals surface area contributed by atoms with Crippen LogP contribution in [-0.2, 0) is 9.47 Å². The van der Waals surface area contributed by atoms with Crippen LogP contribution in [0.5, 0.6) is 0 Å². The SMILES string of the molecule is OC(CNCCN1CCOCC1)COCC1CC1. The van der Waals surface area contributed by atoms with Crippen LogP contribution in [0.2, 0.25) is 0 Å². The summed E-state index contributed by atoms with van der Waals surface area (Å²) in [6.45, 7) is 7.58. The molecule has 1 aliphatic heterocycles. The maximum Gasteiger partial charge on any atom is 0.0897 e. The molecule has 0 aromatic carbocycles. The molecule has 1 saturated carbocycles. The van der Waals surface area contributed by atoms with Gasteiger partial charge in [-0.1, -0.05) is 0 Å². The van der Waals surface area contributed by atoms with Gasteiger partial charge in [-0.15, -0.1) is 0 Å². The van der Waals surface area contributed by atoms with Crippen LogP contribution in [0.15, 0.2) is 0 Å². The first-order valence-electron chi connectivity index (χ1n) is 7.11. The second kappa shape index (κ2) is 8.07. The molecular weight excluding hydrogens is 232 g/mol. The zero-order chi connectivity index (χ0) is 12.6. The van der Waals surface area contributed by atoms with Gasteiger partial charge in [0.25, 0.3) is 0 Å². The van der Waals surface area contributed by atoms with Crippen molar-refractivity contribution >= 4 is 0 Å². The van der Waals surface area contributed by atoms with E-state index in [1.54, 1.807) is 0 Å². The van der Waals surface area contributed by atoms with E-state index in [0.29, 0.717) is 13.2 Å². The summed E-state index contributed by atoms with van der Waals surface area (Å²) in [7, 11) is 0. The van der Waals surface area contributed by atoms with Gasteiger partial charge in [-0.25, -0.2) is 0 Å². The van der Waals surface area contributed by atoms with Gasteiger partial charge in [0.1, 0.15) is 0 Å². The predicted octanol–water partition coefficient (Wildman–Crippen LogP) is -0.304. The lowest BCUT2D eigenvalue weighted by Crippen LogP contribution is -2.41. The number of hydrogen-bond acceptors (Lipinski definition) is 5. The van der Waals surface area contributed by atoms with E-state index in [2.05, 4.69) is 10.2 Å². The van der Waals surface area contributed by atoms with Crippen molar-refractivity contribution in [2.45, 2.75) is 18.9 Å². The second-order valence-corrected chi connectivity index (χ2v) is 5.29. The van der Waals surface area contributed by atoms with Crippen LogP contribution in [-0.4, -0.2) is 75.3 Å². The van der Waals surface area contributed by atoms with E-state index in [-0.39, 0.29) is 6.10 Å². The molecule has 2 aliphatic rings. The quantitative estimate of drug-likeness (QED) is 0.556. The molecule has 0 bridgehead atoms. The Morgan fingerprint density at radius 1 is 1.33 bits per heavy atom. The molecule has 5 heteroatoms. The summed E-state index contributed by atoms with van der Waals surface area (Å²) in [4.78, 5) is 2.38. The Bertz CT molecular complexity index is 218. The minimum absolute atomic E-state index is 0.381. The number of morpholine rings is 1. The monoisotopic (exact) mass is 258 g/mol. The summed E-state index contributed by atoms with van der Waals surface area (Å²) in [6.07, 6.45) is 2.22. The number of aliphatic hydroxyl groups is 1. The zero-order valence-corrected chi connectivity index (χ0v) is 11.1. The van der Waals surface area contributed by atoms with E-state index >= 15 is 0 Å². The number of ether oxygens (including phenoxy) is 2. The molecule has 2 N–H and O–H groups in total. The molecule has 2 fully saturated rings. The highest BCUT2D eigenvalue weighted by Crippen LogP contribution is 2.28. The van der Waals surface area contributed by atoms with Crippen LogP contribution in [0, 0.1) is 5.92 Å². The summed E-state index contributed by atoms with van der Waals surface area (Å²) < 4.78 is 10.7. The van der Waals surface area contributed by atoms with Crippen molar-refractivity contribution in [3.8, 4) is 0 Å².